The predicted octanol–water partition coefficient (Wildman–Crippen LogP) is 0.162. The molecule has 8 heteroatoms. The van der Waals surface area contributed by atoms with Gasteiger partial charge in [0.2, 0.25) is 0 Å². The summed E-state index contributed by atoms with van der Waals surface area (Å²) in [6.07, 6.45) is 0. The minimum atomic E-state index is -0.259. The number of carbonyl (C=O) groups is 2. The molecular formula is C18H25ClN3O3S+. The Labute approximate surface area is 163 Å². The van der Waals surface area contributed by atoms with E-state index >= 15 is 0 Å². The first kappa shape index (κ1) is 19.3. The van der Waals surface area contributed by atoms with Gasteiger partial charge < -0.3 is 19.4 Å². The fourth-order valence-corrected chi connectivity index (χ4v) is 4.81. The lowest BCUT2D eigenvalue weighted by atomic mass is 10.2. The Bertz CT molecular complexity index is 652. The second kappa shape index (κ2) is 8.97. The molecule has 3 rings (SSSR count). The first-order chi connectivity index (χ1) is 12.6. The zero-order valence-corrected chi connectivity index (χ0v) is 16.5. The number of amides is 1. The van der Waals surface area contributed by atoms with Crippen molar-refractivity contribution >= 4 is 40.9 Å². The van der Waals surface area contributed by atoms with Crippen LogP contribution in [0.3, 0.4) is 0 Å². The molecule has 2 heterocycles. The number of quaternary nitrogens is 1. The number of anilines is 1. The maximum Gasteiger partial charge on any atom is 0.320 e. The van der Waals surface area contributed by atoms with Gasteiger partial charge in [0.05, 0.1) is 44.0 Å². The van der Waals surface area contributed by atoms with Gasteiger partial charge in [-0.2, -0.15) is 0 Å². The molecule has 1 aromatic rings. The molecule has 2 saturated heterocycles. The van der Waals surface area contributed by atoms with E-state index in [2.05, 4.69) is 4.90 Å². The summed E-state index contributed by atoms with van der Waals surface area (Å²) in [5.74, 6) is 0.662. The molecule has 1 aromatic carbocycles. The number of esters is 1. The highest BCUT2D eigenvalue weighted by Gasteiger charge is 2.32. The van der Waals surface area contributed by atoms with Crippen LogP contribution in [0.25, 0.3) is 0 Å². The molecule has 1 atom stereocenters. The molecule has 0 bridgehead atoms. The Kier molecular flexibility index (Phi) is 6.67. The number of benzene rings is 1. The number of halogens is 1. The number of ether oxygens (including phenoxy) is 1. The number of carbonyl (C=O) groups excluding carboxylic acids is 2. The lowest BCUT2D eigenvalue weighted by Crippen LogP contribution is -3.16. The first-order valence-electron chi connectivity index (χ1n) is 8.88. The molecule has 2 aliphatic heterocycles. The summed E-state index contributed by atoms with van der Waals surface area (Å²) >= 11 is 7.85. The van der Waals surface area contributed by atoms with Gasteiger partial charge in [0.1, 0.15) is 5.25 Å². The van der Waals surface area contributed by atoms with E-state index in [4.69, 9.17) is 16.3 Å². The van der Waals surface area contributed by atoms with Gasteiger partial charge in [-0.25, -0.2) is 0 Å². The topological polar surface area (TPSA) is 54.3 Å². The van der Waals surface area contributed by atoms with E-state index in [1.807, 2.05) is 29.2 Å². The van der Waals surface area contributed by atoms with Crippen LogP contribution in [-0.4, -0.2) is 80.7 Å². The number of hydrogen-bond acceptors (Lipinski definition) is 5. The molecular weight excluding hydrogens is 374 g/mol. The lowest BCUT2D eigenvalue weighted by Gasteiger charge is -2.36. The third-order valence-electron chi connectivity index (χ3n) is 4.95. The van der Waals surface area contributed by atoms with Crippen molar-refractivity contribution < 1.29 is 19.2 Å². The minimum absolute atomic E-state index is 0.125. The molecule has 0 radical (unpaired) electrons. The van der Waals surface area contributed by atoms with Crippen LogP contribution in [0.1, 0.15) is 0 Å². The summed E-state index contributed by atoms with van der Waals surface area (Å²) in [5, 5.41) is 0.511. The Morgan fingerprint density at radius 3 is 2.69 bits per heavy atom. The van der Waals surface area contributed by atoms with E-state index < -0.39 is 0 Å². The zero-order chi connectivity index (χ0) is 18.5. The predicted molar refractivity (Wildman–Crippen MR) is 104 cm³/mol. The van der Waals surface area contributed by atoms with Gasteiger partial charge in [0, 0.05) is 18.8 Å². The van der Waals surface area contributed by atoms with E-state index in [0.717, 1.165) is 42.6 Å². The van der Waals surface area contributed by atoms with Gasteiger partial charge in [-0.05, 0) is 12.1 Å². The van der Waals surface area contributed by atoms with Crippen molar-refractivity contribution in [3.8, 4) is 0 Å². The maximum absolute atomic E-state index is 12.6. The number of piperazine rings is 1. The van der Waals surface area contributed by atoms with Crippen LogP contribution in [-0.2, 0) is 14.3 Å². The highest BCUT2D eigenvalue weighted by Crippen LogP contribution is 2.24. The summed E-state index contributed by atoms with van der Waals surface area (Å²) in [6, 6.07) is 7.88. The summed E-state index contributed by atoms with van der Waals surface area (Å²) in [4.78, 5) is 29.7. The smallest absolute Gasteiger partial charge is 0.320 e. The summed E-state index contributed by atoms with van der Waals surface area (Å²) < 4.78 is 4.81. The Balaban J connectivity index is 1.49. The fraction of sp³-hybridized carbons (Fsp3) is 0.556. The number of hydrogen-bond donors (Lipinski definition) is 1. The minimum Gasteiger partial charge on any atom is -0.468 e. The van der Waals surface area contributed by atoms with E-state index in [-0.39, 0.29) is 17.1 Å². The molecule has 142 valence electrons. The van der Waals surface area contributed by atoms with Crippen molar-refractivity contribution in [3.05, 3.63) is 29.3 Å². The van der Waals surface area contributed by atoms with Crippen molar-refractivity contribution in [1.29, 1.82) is 0 Å². The van der Waals surface area contributed by atoms with Crippen LogP contribution < -0.4 is 9.80 Å². The highest BCUT2D eigenvalue weighted by atomic mass is 35.5. The van der Waals surface area contributed by atoms with E-state index in [0.29, 0.717) is 19.6 Å². The maximum atomic E-state index is 12.6. The molecule has 0 aromatic heterocycles. The van der Waals surface area contributed by atoms with Crippen molar-refractivity contribution in [2.24, 2.45) is 0 Å². The Morgan fingerprint density at radius 1 is 1.27 bits per heavy atom. The van der Waals surface area contributed by atoms with E-state index in [1.165, 1.54) is 12.0 Å². The Hall–Kier alpha value is -1.44. The van der Waals surface area contributed by atoms with Crippen molar-refractivity contribution in [2.75, 3.05) is 63.6 Å². The molecule has 26 heavy (non-hydrogen) atoms. The number of methoxy groups -OCH3 is 1. The molecule has 2 fully saturated rings. The number of rotatable bonds is 4. The van der Waals surface area contributed by atoms with Gasteiger partial charge >= 0.3 is 5.97 Å². The SMILES string of the molecule is COC(=O)[C@@H]1CN(C(=O)C[NH+]2CCN(c3ccccc3Cl)CC2)CCS1. The normalized spacial score (nSPS) is 21.5. The second-order valence-corrected chi connectivity index (χ2v) is 8.31. The number of nitrogens with one attached hydrogen (secondary N) is 1. The summed E-state index contributed by atoms with van der Waals surface area (Å²) in [5.41, 5.74) is 1.06. The van der Waals surface area contributed by atoms with Crippen LogP contribution in [0.4, 0.5) is 5.69 Å². The molecule has 6 nitrogen and oxygen atoms in total. The van der Waals surface area contributed by atoms with Gasteiger partial charge in [-0.3, -0.25) is 9.59 Å². The monoisotopic (exact) mass is 398 g/mol. The second-order valence-electron chi connectivity index (χ2n) is 6.59. The van der Waals surface area contributed by atoms with Crippen LogP contribution >= 0.6 is 23.4 Å². The lowest BCUT2D eigenvalue weighted by molar-refractivity contribution is -0.892. The summed E-state index contributed by atoms with van der Waals surface area (Å²) in [7, 11) is 1.40. The van der Waals surface area contributed by atoms with Crippen molar-refractivity contribution in [3.63, 3.8) is 0 Å². The quantitative estimate of drug-likeness (QED) is 0.732. The Morgan fingerprint density at radius 2 is 2.00 bits per heavy atom. The highest BCUT2D eigenvalue weighted by molar-refractivity contribution is 8.00. The molecule has 1 amide bonds. The van der Waals surface area contributed by atoms with Crippen LogP contribution in [0.15, 0.2) is 24.3 Å². The van der Waals surface area contributed by atoms with Crippen LogP contribution in [0.2, 0.25) is 5.02 Å². The standard InChI is InChI=1S/C18H24ClN3O3S/c1-25-18(24)16-12-22(10-11-26-16)17(23)13-20-6-8-21(9-7-20)15-5-3-2-4-14(15)19/h2-5,16H,6-13H2,1H3/p+1/t16-/m0/s1. The van der Waals surface area contributed by atoms with Gasteiger partial charge in [-0.1, -0.05) is 23.7 Å². The average Bonchev–Trinajstić information content (AvgIpc) is 2.68. The molecule has 0 unspecified atom stereocenters. The van der Waals surface area contributed by atoms with Crippen molar-refractivity contribution in [1.82, 2.24) is 4.90 Å². The van der Waals surface area contributed by atoms with E-state index in [9.17, 15) is 9.59 Å². The molecule has 0 saturated carbocycles. The molecule has 0 spiro atoms. The van der Waals surface area contributed by atoms with E-state index in [1.54, 1.807) is 11.8 Å². The number of para-hydroxylation sites is 1. The largest absolute Gasteiger partial charge is 0.468 e. The average molecular weight is 399 g/mol. The molecule has 2 aliphatic rings. The van der Waals surface area contributed by atoms with Crippen LogP contribution in [0.5, 0.6) is 0 Å². The molecule has 1 N–H and O–H groups in total. The van der Waals surface area contributed by atoms with Gasteiger partial charge in [0.15, 0.2) is 6.54 Å². The van der Waals surface area contributed by atoms with Crippen molar-refractivity contribution in [2.45, 2.75) is 5.25 Å². The number of nitrogens with zero attached hydrogens (tertiary/aromatic N) is 2. The zero-order valence-electron chi connectivity index (χ0n) is 14.9. The first-order valence-corrected chi connectivity index (χ1v) is 10.3. The third kappa shape index (κ3) is 4.64. The third-order valence-corrected chi connectivity index (χ3v) is 6.43. The summed E-state index contributed by atoms with van der Waals surface area (Å²) in [6.45, 7) is 5.21. The number of thioether (sulfide) groups is 1. The molecule has 0 aliphatic carbocycles. The van der Waals surface area contributed by atoms with Crippen LogP contribution in [0, 0.1) is 0 Å². The van der Waals surface area contributed by atoms with Gasteiger partial charge in [-0.15, -0.1) is 11.8 Å². The fourth-order valence-electron chi connectivity index (χ4n) is 3.42. The van der Waals surface area contributed by atoms with Gasteiger partial charge in [0.25, 0.3) is 5.91 Å².